The Morgan fingerprint density at radius 3 is 2.67 bits per heavy atom. The fraction of sp³-hybridized carbons (Fsp3) is 0.455. The summed E-state index contributed by atoms with van der Waals surface area (Å²) >= 11 is 4.92. The Bertz CT molecular complexity index is 518. The first kappa shape index (κ1) is 16.0. The van der Waals surface area contributed by atoms with Gasteiger partial charge in [0.2, 0.25) is 10.0 Å². The first-order valence-electron chi connectivity index (χ1n) is 5.40. The number of hydrogen-bond donors (Lipinski definition) is 2. The fourth-order valence-corrected chi connectivity index (χ4v) is 4.01. The second-order valence-electron chi connectivity index (χ2n) is 3.82. The summed E-state index contributed by atoms with van der Waals surface area (Å²) in [5.41, 5.74) is 7.24. The molecule has 0 aliphatic heterocycles. The molecule has 102 valence electrons. The molecular weight excluding hydrogens is 336 g/mol. The van der Waals surface area contributed by atoms with Crippen LogP contribution < -0.4 is 10.5 Å². The van der Waals surface area contributed by atoms with Gasteiger partial charge in [-0.05, 0) is 46.3 Å². The minimum atomic E-state index is -3.48. The van der Waals surface area contributed by atoms with E-state index in [2.05, 4.69) is 20.7 Å². The van der Waals surface area contributed by atoms with Crippen molar-refractivity contribution < 1.29 is 8.42 Å². The summed E-state index contributed by atoms with van der Waals surface area (Å²) in [5.74, 6) is 0.742. The average Bonchev–Trinajstić information content (AvgIpc) is 2.32. The molecule has 0 spiro atoms. The van der Waals surface area contributed by atoms with Crippen molar-refractivity contribution in [2.45, 2.75) is 18.4 Å². The van der Waals surface area contributed by atoms with Gasteiger partial charge in [-0.3, -0.25) is 0 Å². The van der Waals surface area contributed by atoms with Crippen LogP contribution in [0.25, 0.3) is 0 Å². The van der Waals surface area contributed by atoms with E-state index in [0.717, 1.165) is 16.9 Å². The van der Waals surface area contributed by atoms with Crippen LogP contribution in [0.5, 0.6) is 0 Å². The quantitative estimate of drug-likeness (QED) is 0.766. The normalized spacial score (nSPS) is 11.8. The number of sulfonamides is 1. The van der Waals surface area contributed by atoms with E-state index in [0.29, 0.717) is 17.6 Å². The molecule has 4 nitrogen and oxygen atoms in total. The molecule has 7 heteroatoms. The lowest BCUT2D eigenvalue weighted by atomic mass is 10.1. The van der Waals surface area contributed by atoms with Crippen LogP contribution in [-0.2, 0) is 16.6 Å². The van der Waals surface area contributed by atoms with Crippen LogP contribution in [0.4, 0.5) is 0 Å². The van der Waals surface area contributed by atoms with Crippen molar-refractivity contribution in [1.29, 1.82) is 0 Å². The molecule has 1 aromatic rings. The van der Waals surface area contributed by atoms with Crippen molar-refractivity contribution in [2.24, 2.45) is 5.73 Å². The third kappa shape index (κ3) is 3.96. The third-order valence-electron chi connectivity index (χ3n) is 2.40. The molecule has 18 heavy (non-hydrogen) atoms. The zero-order valence-corrected chi connectivity index (χ0v) is 13.6. The van der Waals surface area contributed by atoms with Crippen LogP contribution in [0, 0.1) is 6.92 Å². The van der Waals surface area contributed by atoms with E-state index in [-0.39, 0.29) is 4.90 Å². The van der Waals surface area contributed by atoms with E-state index in [4.69, 9.17) is 5.73 Å². The van der Waals surface area contributed by atoms with Gasteiger partial charge < -0.3 is 5.73 Å². The van der Waals surface area contributed by atoms with E-state index in [1.165, 1.54) is 0 Å². The second-order valence-corrected chi connectivity index (χ2v) is 7.33. The van der Waals surface area contributed by atoms with Crippen LogP contribution in [0.15, 0.2) is 21.5 Å². The molecule has 0 radical (unpaired) electrons. The first-order valence-corrected chi connectivity index (χ1v) is 9.07. The Kier molecular flexibility index (Phi) is 6.13. The zero-order chi connectivity index (χ0) is 13.8. The monoisotopic (exact) mass is 352 g/mol. The van der Waals surface area contributed by atoms with E-state index in [9.17, 15) is 8.42 Å². The molecule has 0 saturated heterocycles. The number of benzene rings is 1. The largest absolute Gasteiger partial charge is 0.326 e. The van der Waals surface area contributed by atoms with Gasteiger partial charge in [0.25, 0.3) is 0 Å². The molecular formula is C11H17BrN2O2S2. The Balaban J connectivity index is 3.11. The highest BCUT2D eigenvalue weighted by Crippen LogP contribution is 2.27. The number of hydrogen-bond acceptors (Lipinski definition) is 4. The van der Waals surface area contributed by atoms with Gasteiger partial charge >= 0.3 is 0 Å². The van der Waals surface area contributed by atoms with Crippen LogP contribution in [-0.4, -0.2) is 27.0 Å². The standard InChI is InChI=1S/C11H17BrN2O2S2/c1-8-5-9(7-13)6-10(11(8)12)18(15,16)14-3-4-17-2/h5-6,14H,3-4,7,13H2,1-2H3. The molecule has 0 aromatic heterocycles. The lowest BCUT2D eigenvalue weighted by Gasteiger charge is -2.11. The highest BCUT2D eigenvalue weighted by atomic mass is 79.9. The highest BCUT2D eigenvalue weighted by Gasteiger charge is 2.19. The molecule has 0 amide bonds. The number of aryl methyl sites for hydroxylation is 1. The maximum Gasteiger partial charge on any atom is 0.241 e. The van der Waals surface area contributed by atoms with Gasteiger partial charge in [0.05, 0.1) is 4.90 Å². The number of nitrogens with one attached hydrogen (secondary N) is 1. The zero-order valence-electron chi connectivity index (χ0n) is 10.4. The molecule has 1 aromatic carbocycles. The van der Waals surface area contributed by atoms with Crippen molar-refractivity contribution in [3.05, 3.63) is 27.7 Å². The number of nitrogens with two attached hydrogens (primary N) is 1. The molecule has 1 rings (SSSR count). The second kappa shape index (κ2) is 6.91. The van der Waals surface area contributed by atoms with Gasteiger partial charge in [-0.15, -0.1) is 0 Å². The topological polar surface area (TPSA) is 72.2 Å². The van der Waals surface area contributed by atoms with Crippen LogP contribution in [0.1, 0.15) is 11.1 Å². The van der Waals surface area contributed by atoms with E-state index < -0.39 is 10.0 Å². The van der Waals surface area contributed by atoms with Gasteiger partial charge in [0, 0.05) is 23.3 Å². The summed E-state index contributed by atoms with van der Waals surface area (Å²) in [6.45, 7) is 2.59. The maximum absolute atomic E-state index is 12.2. The first-order chi connectivity index (χ1) is 8.42. The minimum absolute atomic E-state index is 0.254. The summed E-state index contributed by atoms with van der Waals surface area (Å²) in [6.07, 6.45) is 1.93. The van der Waals surface area contributed by atoms with E-state index in [1.54, 1.807) is 17.8 Å². The SMILES string of the molecule is CSCCNS(=O)(=O)c1cc(CN)cc(C)c1Br. The molecule has 0 saturated carbocycles. The molecule has 0 aliphatic carbocycles. The van der Waals surface area contributed by atoms with Gasteiger partial charge in [-0.1, -0.05) is 6.07 Å². The van der Waals surface area contributed by atoms with Crippen molar-refractivity contribution in [2.75, 3.05) is 18.6 Å². The van der Waals surface area contributed by atoms with Gasteiger partial charge in [0.15, 0.2) is 0 Å². The van der Waals surface area contributed by atoms with Crippen molar-refractivity contribution in [1.82, 2.24) is 4.72 Å². The molecule has 0 aliphatic rings. The smallest absolute Gasteiger partial charge is 0.241 e. The third-order valence-corrected chi connectivity index (χ3v) is 5.82. The predicted octanol–water partition coefficient (Wildman–Crippen LogP) is 1.86. The fourth-order valence-electron chi connectivity index (χ4n) is 1.48. The number of thioether (sulfide) groups is 1. The minimum Gasteiger partial charge on any atom is -0.326 e. The molecule has 0 unspecified atom stereocenters. The van der Waals surface area contributed by atoms with Gasteiger partial charge in [-0.2, -0.15) is 11.8 Å². The molecule has 0 heterocycles. The Morgan fingerprint density at radius 1 is 1.44 bits per heavy atom. The summed E-state index contributed by atoms with van der Waals surface area (Å²) in [5, 5.41) is 0. The highest BCUT2D eigenvalue weighted by molar-refractivity contribution is 9.10. The molecule has 0 atom stereocenters. The van der Waals surface area contributed by atoms with Gasteiger partial charge in [-0.25, -0.2) is 13.1 Å². The van der Waals surface area contributed by atoms with E-state index >= 15 is 0 Å². The molecule has 0 fully saturated rings. The maximum atomic E-state index is 12.2. The predicted molar refractivity (Wildman–Crippen MR) is 80.3 cm³/mol. The van der Waals surface area contributed by atoms with E-state index in [1.807, 2.05) is 19.2 Å². The van der Waals surface area contributed by atoms with Gasteiger partial charge in [0.1, 0.15) is 0 Å². The molecule has 3 N–H and O–H groups in total. The summed E-state index contributed by atoms with van der Waals surface area (Å²) < 4.78 is 27.5. The van der Waals surface area contributed by atoms with Crippen LogP contribution in [0.2, 0.25) is 0 Å². The summed E-state index contributed by atoms with van der Waals surface area (Å²) in [7, 11) is -3.48. The Hall–Kier alpha value is -0.0800. The average molecular weight is 353 g/mol. The Morgan fingerprint density at radius 2 is 2.11 bits per heavy atom. The lowest BCUT2D eigenvalue weighted by molar-refractivity contribution is 0.583. The lowest BCUT2D eigenvalue weighted by Crippen LogP contribution is -2.26. The summed E-state index contributed by atoms with van der Waals surface area (Å²) in [4.78, 5) is 0.254. The molecule has 0 bridgehead atoms. The van der Waals surface area contributed by atoms with Crippen molar-refractivity contribution >= 4 is 37.7 Å². The Labute approximate surface area is 121 Å². The van der Waals surface area contributed by atoms with Crippen molar-refractivity contribution in [3.63, 3.8) is 0 Å². The van der Waals surface area contributed by atoms with Crippen LogP contribution in [0.3, 0.4) is 0 Å². The number of rotatable bonds is 6. The number of halogens is 1. The van der Waals surface area contributed by atoms with Crippen molar-refractivity contribution in [3.8, 4) is 0 Å². The summed E-state index contributed by atoms with van der Waals surface area (Å²) in [6, 6.07) is 3.49. The van der Waals surface area contributed by atoms with Crippen LogP contribution >= 0.6 is 27.7 Å².